The number of phenols is 1. The summed E-state index contributed by atoms with van der Waals surface area (Å²) in [6.07, 6.45) is 1.27. The summed E-state index contributed by atoms with van der Waals surface area (Å²) in [6, 6.07) is 12.4. The predicted octanol–water partition coefficient (Wildman–Crippen LogP) is 2.59. The summed E-state index contributed by atoms with van der Waals surface area (Å²) < 4.78 is 5.15. The van der Waals surface area contributed by atoms with E-state index in [2.05, 4.69) is 0 Å². The third-order valence-electron chi connectivity index (χ3n) is 2.76. The van der Waals surface area contributed by atoms with Crippen LogP contribution >= 0.6 is 0 Å². The summed E-state index contributed by atoms with van der Waals surface area (Å²) in [4.78, 5) is 22.2. The minimum absolute atomic E-state index is 0.246. The molecule has 0 radical (unpaired) electrons. The van der Waals surface area contributed by atoms with E-state index in [-0.39, 0.29) is 11.3 Å². The fourth-order valence-corrected chi connectivity index (χ4v) is 1.73. The summed E-state index contributed by atoms with van der Waals surface area (Å²) in [5.74, 6) is -4.00. The van der Waals surface area contributed by atoms with E-state index in [9.17, 15) is 19.8 Å². The normalized spacial score (nSPS) is 11.0. The van der Waals surface area contributed by atoms with Gasteiger partial charge in [-0.3, -0.25) is 0 Å². The van der Waals surface area contributed by atoms with Gasteiger partial charge < -0.3 is 20.1 Å². The molecule has 0 unspecified atom stereocenters. The van der Waals surface area contributed by atoms with Crippen LogP contribution in [0.4, 0.5) is 0 Å². The Morgan fingerprint density at radius 1 is 0.955 bits per heavy atom. The second-order valence-corrected chi connectivity index (χ2v) is 4.28. The molecular formula is C16H12O6. The number of ether oxygens (including phenoxy) is 1. The first-order valence-electron chi connectivity index (χ1n) is 6.22. The van der Waals surface area contributed by atoms with Crippen molar-refractivity contribution in [2.45, 2.75) is 0 Å². The second kappa shape index (κ2) is 6.45. The van der Waals surface area contributed by atoms with Gasteiger partial charge in [-0.2, -0.15) is 0 Å². The third kappa shape index (κ3) is 3.43. The van der Waals surface area contributed by atoms with Gasteiger partial charge in [0.2, 0.25) is 5.76 Å². The molecule has 0 aliphatic heterocycles. The number of benzene rings is 2. The highest BCUT2D eigenvalue weighted by atomic mass is 16.5. The van der Waals surface area contributed by atoms with E-state index in [1.54, 1.807) is 30.3 Å². The predicted molar refractivity (Wildman–Crippen MR) is 77.7 cm³/mol. The number of carbonyl (C=O) groups is 2. The molecule has 0 heterocycles. The maximum atomic E-state index is 11.2. The molecule has 0 aliphatic carbocycles. The molecule has 0 saturated carbocycles. The summed E-state index contributed by atoms with van der Waals surface area (Å²) in [7, 11) is 0. The van der Waals surface area contributed by atoms with Crippen LogP contribution in [-0.2, 0) is 4.79 Å². The number of para-hydroxylation sites is 1. The molecule has 3 N–H and O–H groups in total. The molecule has 0 fully saturated rings. The molecule has 0 aromatic heterocycles. The van der Waals surface area contributed by atoms with Gasteiger partial charge in [-0.1, -0.05) is 36.4 Å². The van der Waals surface area contributed by atoms with Gasteiger partial charge in [-0.25, -0.2) is 9.59 Å². The first kappa shape index (κ1) is 15.1. The van der Waals surface area contributed by atoms with Crippen LogP contribution in [-0.4, -0.2) is 27.3 Å². The Bertz CT molecular complexity index is 734. The van der Waals surface area contributed by atoms with Gasteiger partial charge in [-0.15, -0.1) is 0 Å². The fourth-order valence-electron chi connectivity index (χ4n) is 1.73. The number of hydrogen-bond acceptors (Lipinski definition) is 4. The minimum Gasteiger partial charge on any atom is -0.504 e. The molecule has 0 bridgehead atoms. The standard InChI is InChI=1S/C16H12O6/c17-14-11(15(18)19)7-4-8-12(14)22-13(16(20)21)9-10-5-2-1-3-6-10/h1-9,17H,(H,18,19)(H,20,21)/b13-9+. The Morgan fingerprint density at radius 3 is 2.23 bits per heavy atom. The van der Waals surface area contributed by atoms with Crippen molar-refractivity contribution in [3.63, 3.8) is 0 Å². The van der Waals surface area contributed by atoms with Crippen molar-refractivity contribution in [1.82, 2.24) is 0 Å². The van der Waals surface area contributed by atoms with E-state index in [0.717, 1.165) is 0 Å². The van der Waals surface area contributed by atoms with Gasteiger partial charge in [0.05, 0.1) is 0 Å². The van der Waals surface area contributed by atoms with Gasteiger partial charge in [0, 0.05) is 0 Å². The first-order valence-corrected chi connectivity index (χ1v) is 6.22. The van der Waals surface area contributed by atoms with Crippen molar-refractivity contribution in [3.05, 3.63) is 65.4 Å². The molecule has 0 saturated heterocycles. The molecule has 0 amide bonds. The molecule has 2 rings (SSSR count). The highest BCUT2D eigenvalue weighted by molar-refractivity contribution is 5.93. The molecule has 22 heavy (non-hydrogen) atoms. The van der Waals surface area contributed by atoms with Crippen molar-refractivity contribution in [2.75, 3.05) is 0 Å². The topological polar surface area (TPSA) is 104 Å². The number of carboxylic acid groups (broad SMARTS) is 2. The average molecular weight is 300 g/mol. The lowest BCUT2D eigenvalue weighted by Gasteiger charge is -2.09. The zero-order valence-corrected chi connectivity index (χ0v) is 11.3. The van der Waals surface area contributed by atoms with Gasteiger partial charge in [0.15, 0.2) is 11.5 Å². The SMILES string of the molecule is O=C(O)/C(=C\c1ccccc1)Oc1cccc(C(=O)O)c1O. The van der Waals surface area contributed by atoms with E-state index in [1.807, 2.05) is 0 Å². The zero-order chi connectivity index (χ0) is 16.1. The number of aliphatic carboxylic acids is 1. The van der Waals surface area contributed by atoms with Crippen LogP contribution in [0.3, 0.4) is 0 Å². The quantitative estimate of drug-likeness (QED) is 0.579. The van der Waals surface area contributed by atoms with Crippen molar-refractivity contribution >= 4 is 18.0 Å². The van der Waals surface area contributed by atoms with Crippen LogP contribution in [0, 0.1) is 0 Å². The van der Waals surface area contributed by atoms with E-state index < -0.39 is 23.4 Å². The Balaban J connectivity index is 2.38. The third-order valence-corrected chi connectivity index (χ3v) is 2.76. The summed E-state index contributed by atoms with van der Waals surface area (Å²) >= 11 is 0. The molecule has 6 heteroatoms. The molecule has 0 atom stereocenters. The number of carboxylic acids is 2. The van der Waals surface area contributed by atoms with Crippen molar-refractivity contribution in [1.29, 1.82) is 0 Å². The Labute approximate surface area is 125 Å². The second-order valence-electron chi connectivity index (χ2n) is 4.28. The molecule has 2 aromatic carbocycles. The van der Waals surface area contributed by atoms with E-state index in [0.29, 0.717) is 5.56 Å². The molecular weight excluding hydrogens is 288 g/mol. The lowest BCUT2D eigenvalue weighted by atomic mass is 10.2. The maximum absolute atomic E-state index is 11.2. The van der Waals surface area contributed by atoms with Crippen LogP contribution in [0.1, 0.15) is 15.9 Å². The van der Waals surface area contributed by atoms with Crippen molar-refractivity contribution in [3.8, 4) is 11.5 Å². The molecule has 6 nitrogen and oxygen atoms in total. The monoisotopic (exact) mass is 300 g/mol. The van der Waals surface area contributed by atoms with Crippen molar-refractivity contribution < 1.29 is 29.6 Å². The summed E-state index contributed by atoms with van der Waals surface area (Å²) in [5.41, 5.74) is 0.218. The summed E-state index contributed by atoms with van der Waals surface area (Å²) in [6.45, 7) is 0. The van der Waals surface area contributed by atoms with E-state index in [1.165, 1.54) is 24.3 Å². The first-order chi connectivity index (χ1) is 10.5. The largest absolute Gasteiger partial charge is 0.504 e. The number of hydrogen-bond donors (Lipinski definition) is 3. The summed E-state index contributed by atoms with van der Waals surface area (Å²) in [5, 5.41) is 27.9. The lowest BCUT2D eigenvalue weighted by molar-refractivity contribution is -0.134. The van der Waals surface area contributed by atoms with Gasteiger partial charge in [0.25, 0.3) is 0 Å². The zero-order valence-electron chi connectivity index (χ0n) is 11.3. The molecule has 112 valence electrons. The number of rotatable bonds is 5. The van der Waals surface area contributed by atoms with Crippen LogP contribution in [0.2, 0.25) is 0 Å². The number of aromatic hydroxyl groups is 1. The van der Waals surface area contributed by atoms with Gasteiger partial charge >= 0.3 is 11.9 Å². The lowest BCUT2D eigenvalue weighted by Crippen LogP contribution is -2.08. The smallest absolute Gasteiger partial charge is 0.371 e. The highest BCUT2D eigenvalue weighted by Crippen LogP contribution is 2.31. The Morgan fingerprint density at radius 2 is 1.64 bits per heavy atom. The van der Waals surface area contributed by atoms with Gasteiger partial charge in [-0.05, 0) is 23.8 Å². The average Bonchev–Trinajstić information content (AvgIpc) is 2.49. The van der Waals surface area contributed by atoms with E-state index >= 15 is 0 Å². The Hall–Kier alpha value is -3.28. The van der Waals surface area contributed by atoms with Crippen LogP contribution < -0.4 is 4.74 Å². The van der Waals surface area contributed by atoms with Crippen LogP contribution in [0.15, 0.2) is 54.3 Å². The molecule has 2 aromatic rings. The fraction of sp³-hybridized carbons (Fsp3) is 0. The Kier molecular flexibility index (Phi) is 4.43. The van der Waals surface area contributed by atoms with Crippen molar-refractivity contribution in [2.24, 2.45) is 0 Å². The molecule has 0 spiro atoms. The molecule has 0 aliphatic rings. The van der Waals surface area contributed by atoms with Gasteiger partial charge in [0.1, 0.15) is 5.56 Å². The van der Waals surface area contributed by atoms with E-state index in [4.69, 9.17) is 9.84 Å². The minimum atomic E-state index is -1.34. The highest BCUT2D eigenvalue weighted by Gasteiger charge is 2.17. The van der Waals surface area contributed by atoms with Crippen LogP contribution in [0.5, 0.6) is 11.5 Å². The number of aromatic carboxylic acids is 1. The maximum Gasteiger partial charge on any atom is 0.371 e. The van der Waals surface area contributed by atoms with Crippen LogP contribution in [0.25, 0.3) is 6.08 Å².